The summed E-state index contributed by atoms with van der Waals surface area (Å²) < 4.78 is 6.24. The topological polar surface area (TPSA) is 75.4 Å². The third-order valence-corrected chi connectivity index (χ3v) is 6.34. The van der Waals surface area contributed by atoms with Crippen LogP contribution < -0.4 is 4.90 Å². The molecular formula is C22H22BrN5O2. The van der Waals surface area contributed by atoms with Crippen molar-refractivity contribution in [1.29, 1.82) is 0 Å². The van der Waals surface area contributed by atoms with Crippen LogP contribution >= 0.6 is 15.9 Å². The number of pyridine rings is 1. The Morgan fingerprint density at radius 3 is 2.50 bits per heavy atom. The molecular weight excluding hydrogens is 446 g/mol. The Labute approximate surface area is 183 Å². The maximum absolute atomic E-state index is 12.7. The molecule has 0 bridgehead atoms. The van der Waals surface area contributed by atoms with Gasteiger partial charge in [-0.15, -0.1) is 0 Å². The lowest BCUT2D eigenvalue weighted by Crippen LogP contribution is -2.48. The molecule has 0 N–H and O–H groups in total. The summed E-state index contributed by atoms with van der Waals surface area (Å²) >= 11 is 3.38. The number of benzene rings is 1. The van der Waals surface area contributed by atoms with Crippen molar-refractivity contribution in [2.45, 2.75) is 25.2 Å². The van der Waals surface area contributed by atoms with E-state index in [2.05, 4.69) is 48.1 Å². The van der Waals surface area contributed by atoms with Gasteiger partial charge in [-0.25, -0.2) is 0 Å². The van der Waals surface area contributed by atoms with E-state index in [4.69, 9.17) is 4.52 Å². The molecule has 1 aromatic carbocycles. The molecule has 7 nitrogen and oxygen atoms in total. The Kier molecular flexibility index (Phi) is 5.25. The smallest absolute Gasteiger partial charge is 0.255 e. The molecule has 2 fully saturated rings. The zero-order valence-corrected chi connectivity index (χ0v) is 18.1. The number of carbonyl (C=O) groups excluding carboxylic acids is 1. The predicted molar refractivity (Wildman–Crippen MR) is 116 cm³/mol. The first-order valence-corrected chi connectivity index (χ1v) is 11.1. The van der Waals surface area contributed by atoms with Crippen molar-refractivity contribution < 1.29 is 9.32 Å². The first-order valence-electron chi connectivity index (χ1n) is 10.3. The Hall–Kier alpha value is -2.74. The number of nitrogens with zero attached hydrogens (tertiary/aromatic N) is 5. The fourth-order valence-electron chi connectivity index (χ4n) is 3.87. The number of piperazine rings is 1. The first-order chi connectivity index (χ1) is 14.7. The van der Waals surface area contributed by atoms with Crippen LogP contribution in [0.15, 0.2) is 51.7 Å². The fraction of sp³-hybridized carbons (Fsp3) is 0.364. The molecule has 8 heteroatoms. The number of hydrogen-bond acceptors (Lipinski definition) is 6. The number of anilines is 1. The maximum atomic E-state index is 12.7. The summed E-state index contributed by atoms with van der Waals surface area (Å²) in [5.74, 6) is 1.89. The van der Waals surface area contributed by atoms with Gasteiger partial charge >= 0.3 is 0 Å². The van der Waals surface area contributed by atoms with Gasteiger partial charge in [-0.05, 0) is 59.1 Å². The van der Waals surface area contributed by atoms with Crippen LogP contribution in [0.3, 0.4) is 0 Å². The highest BCUT2D eigenvalue weighted by atomic mass is 79.9. The summed E-state index contributed by atoms with van der Waals surface area (Å²) in [6.07, 6.45) is 6.84. The van der Waals surface area contributed by atoms with E-state index in [1.165, 1.54) is 6.42 Å². The fourth-order valence-corrected chi connectivity index (χ4v) is 4.24. The van der Waals surface area contributed by atoms with E-state index in [0.717, 1.165) is 47.5 Å². The van der Waals surface area contributed by atoms with Gasteiger partial charge in [0.1, 0.15) is 0 Å². The second-order valence-electron chi connectivity index (χ2n) is 7.80. The van der Waals surface area contributed by atoms with Gasteiger partial charge in [0.2, 0.25) is 11.7 Å². The molecule has 1 aliphatic heterocycles. The van der Waals surface area contributed by atoms with Crippen molar-refractivity contribution in [1.82, 2.24) is 20.0 Å². The van der Waals surface area contributed by atoms with Crippen molar-refractivity contribution >= 4 is 27.5 Å². The van der Waals surface area contributed by atoms with Gasteiger partial charge in [0.25, 0.3) is 5.91 Å². The molecule has 1 amide bonds. The Balaban J connectivity index is 1.21. The quantitative estimate of drug-likeness (QED) is 0.574. The molecule has 0 spiro atoms. The summed E-state index contributed by atoms with van der Waals surface area (Å²) in [4.78, 5) is 25.5. The van der Waals surface area contributed by atoms with Crippen molar-refractivity contribution in [3.63, 3.8) is 0 Å². The van der Waals surface area contributed by atoms with Crippen LogP contribution in [0.5, 0.6) is 0 Å². The molecule has 2 aliphatic rings. The van der Waals surface area contributed by atoms with Gasteiger partial charge in [0, 0.05) is 60.2 Å². The minimum absolute atomic E-state index is 0.0261. The average Bonchev–Trinajstić information content (AvgIpc) is 3.22. The molecule has 1 saturated heterocycles. The van der Waals surface area contributed by atoms with Gasteiger partial charge in [0.15, 0.2) is 0 Å². The van der Waals surface area contributed by atoms with Gasteiger partial charge in [-0.3, -0.25) is 9.78 Å². The van der Waals surface area contributed by atoms with Crippen molar-refractivity contribution in [3.8, 4) is 11.4 Å². The first kappa shape index (κ1) is 19.2. The zero-order valence-electron chi connectivity index (χ0n) is 16.5. The second-order valence-corrected chi connectivity index (χ2v) is 8.72. The van der Waals surface area contributed by atoms with E-state index in [-0.39, 0.29) is 5.91 Å². The molecule has 0 radical (unpaired) electrons. The Morgan fingerprint density at radius 1 is 1.07 bits per heavy atom. The lowest BCUT2D eigenvalue weighted by atomic mass is 9.85. The van der Waals surface area contributed by atoms with E-state index >= 15 is 0 Å². The predicted octanol–water partition coefficient (Wildman–Crippen LogP) is 4.12. The van der Waals surface area contributed by atoms with Gasteiger partial charge < -0.3 is 14.3 Å². The molecule has 3 aromatic rings. The molecule has 2 aromatic heterocycles. The molecule has 3 heterocycles. The lowest BCUT2D eigenvalue weighted by Gasteiger charge is -2.36. The van der Waals surface area contributed by atoms with Gasteiger partial charge in [-0.1, -0.05) is 11.6 Å². The summed E-state index contributed by atoms with van der Waals surface area (Å²) in [5, 5.41) is 4.14. The van der Waals surface area contributed by atoms with Crippen LogP contribution in [0.1, 0.15) is 41.4 Å². The summed E-state index contributed by atoms with van der Waals surface area (Å²) in [6.45, 7) is 2.95. The number of halogens is 1. The Bertz CT molecular complexity index is 1040. The monoisotopic (exact) mass is 467 g/mol. The van der Waals surface area contributed by atoms with Crippen LogP contribution in [0.2, 0.25) is 0 Å². The third kappa shape index (κ3) is 3.84. The number of hydrogen-bond donors (Lipinski definition) is 0. The molecule has 0 unspecified atom stereocenters. The highest BCUT2D eigenvalue weighted by Crippen LogP contribution is 2.36. The number of rotatable bonds is 4. The lowest BCUT2D eigenvalue weighted by molar-refractivity contribution is 0.0746. The molecule has 1 saturated carbocycles. The molecule has 154 valence electrons. The summed E-state index contributed by atoms with van der Waals surface area (Å²) in [7, 11) is 0. The summed E-state index contributed by atoms with van der Waals surface area (Å²) in [6, 6.07) is 10.1. The average molecular weight is 468 g/mol. The van der Waals surface area contributed by atoms with E-state index in [0.29, 0.717) is 30.4 Å². The van der Waals surface area contributed by atoms with Crippen molar-refractivity contribution in [3.05, 3.63) is 58.7 Å². The number of carbonyl (C=O) groups is 1. The highest BCUT2D eigenvalue weighted by molar-refractivity contribution is 9.10. The van der Waals surface area contributed by atoms with Gasteiger partial charge in [-0.2, -0.15) is 4.98 Å². The third-order valence-electron chi connectivity index (χ3n) is 5.91. The van der Waals surface area contributed by atoms with Crippen LogP contribution in [-0.2, 0) is 0 Å². The molecule has 30 heavy (non-hydrogen) atoms. The second kappa shape index (κ2) is 8.18. The normalized spacial score (nSPS) is 17.1. The van der Waals surface area contributed by atoms with E-state index in [1.807, 2.05) is 23.1 Å². The minimum atomic E-state index is 0.0261. The van der Waals surface area contributed by atoms with Crippen LogP contribution in [0.25, 0.3) is 11.4 Å². The van der Waals surface area contributed by atoms with Crippen molar-refractivity contribution in [2.24, 2.45) is 0 Å². The van der Waals surface area contributed by atoms with Crippen LogP contribution in [0.4, 0.5) is 5.69 Å². The van der Waals surface area contributed by atoms with E-state index in [1.54, 1.807) is 12.4 Å². The Morgan fingerprint density at radius 2 is 1.83 bits per heavy atom. The minimum Gasteiger partial charge on any atom is -0.368 e. The SMILES string of the molecule is O=C(c1cncc(Br)c1)N1CCN(c2ccc(-c3noc(C4CCC4)n3)cc2)CC1. The van der Waals surface area contributed by atoms with Crippen LogP contribution in [0, 0.1) is 0 Å². The largest absolute Gasteiger partial charge is 0.368 e. The van der Waals surface area contributed by atoms with Crippen LogP contribution in [-0.4, -0.2) is 52.1 Å². The standard InChI is InChI=1S/C22H22BrN5O2/c23-18-12-17(13-24-14-18)22(29)28-10-8-27(9-11-28)19-6-4-15(5-7-19)20-25-21(30-26-20)16-2-1-3-16/h4-7,12-14,16H,1-3,8-11H2. The van der Waals surface area contributed by atoms with Crippen molar-refractivity contribution in [2.75, 3.05) is 31.1 Å². The summed E-state index contributed by atoms with van der Waals surface area (Å²) in [5.41, 5.74) is 2.71. The zero-order chi connectivity index (χ0) is 20.5. The highest BCUT2D eigenvalue weighted by Gasteiger charge is 2.26. The van der Waals surface area contributed by atoms with E-state index in [9.17, 15) is 4.79 Å². The molecule has 5 rings (SSSR count). The number of amides is 1. The molecule has 0 atom stereocenters. The maximum Gasteiger partial charge on any atom is 0.255 e. The number of aromatic nitrogens is 3. The molecule has 1 aliphatic carbocycles. The van der Waals surface area contributed by atoms with Gasteiger partial charge in [0.05, 0.1) is 5.56 Å². The van der Waals surface area contributed by atoms with E-state index < -0.39 is 0 Å².